The highest BCUT2D eigenvalue weighted by Crippen LogP contribution is 2.75. The minimum Gasteiger partial charge on any atom is -0.299 e. The van der Waals surface area contributed by atoms with Crippen LogP contribution in [0.3, 0.4) is 0 Å². The van der Waals surface area contributed by atoms with Gasteiger partial charge in [-0.3, -0.25) is 9.59 Å². The largest absolute Gasteiger partial charge is 0.299 e. The Labute approximate surface area is 235 Å². The second-order valence-corrected chi connectivity index (χ2v) is 18.0. The van der Waals surface area contributed by atoms with Gasteiger partial charge in [-0.05, 0) is 89.8 Å². The fourth-order valence-electron chi connectivity index (χ4n) is 11.0. The van der Waals surface area contributed by atoms with Gasteiger partial charge in [0, 0.05) is 24.3 Å². The fraction of sp³-hybridized carbons (Fsp3) is 0.844. The van der Waals surface area contributed by atoms with Gasteiger partial charge in [0.1, 0.15) is 11.9 Å². The molecule has 4 fully saturated rings. The van der Waals surface area contributed by atoms with Crippen LogP contribution in [0.1, 0.15) is 99.8 Å². The zero-order valence-corrected chi connectivity index (χ0v) is 26.1. The van der Waals surface area contributed by atoms with Crippen LogP contribution in [-0.4, -0.2) is 32.8 Å². The summed E-state index contributed by atoms with van der Waals surface area (Å²) in [6, 6.07) is 2.20. The Morgan fingerprint density at radius 1 is 0.949 bits per heavy atom. The number of ketones is 2. The first-order valence-electron chi connectivity index (χ1n) is 14.9. The summed E-state index contributed by atoms with van der Waals surface area (Å²) in [6.07, 6.45) is 10.3. The normalized spacial score (nSPS) is 46.6. The molecule has 0 bridgehead atoms. The minimum atomic E-state index is -3.34. The van der Waals surface area contributed by atoms with Gasteiger partial charge < -0.3 is 0 Å². The number of hydrogen-bond donors (Lipinski definition) is 1. The zero-order chi connectivity index (χ0) is 29.0. The molecule has 0 radical (unpaired) electrons. The molecule has 0 saturated heterocycles. The maximum atomic E-state index is 14.5. The van der Waals surface area contributed by atoms with E-state index in [1.807, 2.05) is 19.9 Å². The fourth-order valence-corrected chi connectivity index (χ4v) is 11.5. The Balaban J connectivity index is 1.61. The third-order valence-corrected chi connectivity index (χ3v) is 14.0. The number of carbonyl (C=O) groups is 2. The van der Waals surface area contributed by atoms with Crippen LogP contribution in [0, 0.1) is 67.5 Å². The van der Waals surface area contributed by atoms with Crippen molar-refractivity contribution in [3.63, 3.8) is 0 Å². The summed E-state index contributed by atoms with van der Waals surface area (Å²) in [5.74, 6) is 0.440. The number of rotatable bonds is 3. The number of Topliss-reactive ketones (excluding diaryl/α,β-unsaturated/α-hetero) is 2. The lowest BCUT2D eigenvalue weighted by Crippen LogP contribution is -2.69. The molecule has 1 N–H and O–H groups in total. The first-order valence-corrected chi connectivity index (χ1v) is 16.8. The van der Waals surface area contributed by atoms with Gasteiger partial charge in [-0.1, -0.05) is 54.5 Å². The van der Waals surface area contributed by atoms with Gasteiger partial charge in [-0.15, -0.1) is 0 Å². The van der Waals surface area contributed by atoms with Crippen molar-refractivity contribution in [3.8, 4) is 6.07 Å². The molecule has 4 unspecified atom stereocenters. The highest BCUT2D eigenvalue weighted by atomic mass is 32.2. The van der Waals surface area contributed by atoms with Crippen molar-refractivity contribution in [2.75, 3.05) is 12.8 Å². The molecule has 39 heavy (non-hydrogen) atoms. The maximum absolute atomic E-state index is 14.5. The second kappa shape index (κ2) is 8.51. The molecule has 0 aliphatic heterocycles. The van der Waals surface area contributed by atoms with E-state index in [0.29, 0.717) is 18.7 Å². The lowest BCUT2D eigenvalue weighted by atomic mass is 9.31. The molecule has 216 valence electrons. The number of nitrogens with zero attached hydrogens (tertiary/aromatic N) is 1. The molecule has 0 heterocycles. The Morgan fingerprint density at radius 3 is 2.21 bits per heavy atom. The predicted octanol–water partition coefficient (Wildman–Crippen LogP) is 5.84. The molecule has 8 atom stereocenters. The quantitative estimate of drug-likeness (QED) is 0.471. The summed E-state index contributed by atoms with van der Waals surface area (Å²) < 4.78 is 27.2. The number of nitrogens with one attached hydrogen (secondary N) is 1. The number of allylic oxidation sites excluding steroid dienone is 2. The Morgan fingerprint density at radius 2 is 1.59 bits per heavy atom. The van der Waals surface area contributed by atoms with Crippen molar-refractivity contribution in [1.29, 1.82) is 5.26 Å². The van der Waals surface area contributed by atoms with Crippen LogP contribution in [0.4, 0.5) is 0 Å². The van der Waals surface area contributed by atoms with Crippen molar-refractivity contribution < 1.29 is 18.0 Å². The molecule has 6 nitrogen and oxygen atoms in total. The topological polar surface area (TPSA) is 104 Å². The summed E-state index contributed by atoms with van der Waals surface area (Å²) in [4.78, 5) is 27.8. The van der Waals surface area contributed by atoms with E-state index in [-0.39, 0.29) is 56.7 Å². The van der Waals surface area contributed by atoms with Crippen molar-refractivity contribution in [1.82, 2.24) is 4.72 Å². The van der Waals surface area contributed by atoms with Gasteiger partial charge in [0.05, 0.1) is 11.8 Å². The molecular weight excluding hydrogens is 508 g/mol. The van der Waals surface area contributed by atoms with Crippen LogP contribution in [0.25, 0.3) is 0 Å². The van der Waals surface area contributed by atoms with Gasteiger partial charge in [0.15, 0.2) is 5.78 Å². The molecule has 0 spiro atoms. The van der Waals surface area contributed by atoms with E-state index in [1.165, 1.54) is 6.26 Å². The number of sulfonamides is 1. The summed E-state index contributed by atoms with van der Waals surface area (Å²) in [7, 11) is -3.34. The molecule has 0 amide bonds. The second-order valence-electron chi connectivity index (χ2n) is 16.1. The van der Waals surface area contributed by atoms with E-state index < -0.39 is 20.9 Å². The Bertz CT molecular complexity index is 1290. The van der Waals surface area contributed by atoms with Crippen LogP contribution in [0.5, 0.6) is 0 Å². The number of fused-ring (bicyclic) bond motifs is 7. The summed E-state index contributed by atoms with van der Waals surface area (Å²) in [5.41, 5.74) is -1.22. The van der Waals surface area contributed by atoms with Crippen LogP contribution >= 0.6 is 0 Å². The van der Waals surface area contributed by atoms with Crippen molar-refractivity contribution in [3.05, 3.63) is 11.6 Å². The molecule has 5 aliphatic carbocycles. The van der Waals surface area contributed by atoms with E-state index >= 15 is 0 Å². The summed E-state index contributed by atoms with van der Waals surface area (Å²) in [6.45, 7) is 16.0. The summed E-state index contributed by atoms with van der Waals surface area (Å²) in [5, 5.41) is 9.91. The monoisotopic (exact) mass is 556 g/mol. The van der Waals surface area contributed by atoms with Crippen LogP contribution in [-0.2, 0) is 19.6 Å². The van der Waals surface area contributed by atoms with E-state index in [4.69, 9.17) is 0 Å². The molecule has 7 heteroatoms. The lowest BCUT2D eigenvalue weighted by Gasteiger charge is -2.72. The van der Waals surface area contributed by atoms with Gasteiger partial charge in [-0.2, -0.15) is 5.26 Å². The number of nitriles is 1. The first kappa shape index (κ1) is 29.0. The Kier molecular flexibility index (Phi) is 6.32. The SMILES string of the molecule is CC1(C)CC[C@]2(CNS(C)(=O)=O)CC[C@]3(C)C(C(=O)CC4[C@@]5(C)C=C(C#N)C(=O)C(C)(C)C5CC[C@]43C)C2C1. The van der Waals surface area contributed by atoms with E-state index in [9.17, 15) is 23.3 Å². The predicted molar refractivity (Wildman–Crippen MR) is 152 cm³/mol. The molecular formula is C32H48N2O4S. The molecule has 4 saturated carbocycles. The van der Waals surface area contributed by atoms with Crippen LogP contribution < -0.4 is 4.72 Å². The molecule has 5 rings (SSSR count). The third-order valence-electron chi connectivity index (χ3n) is 13.3. The lowest BCUT2D eigenvalue weighted by molar-refractivity contribution is -0.221. The van der Waals surface area contributed by atoms with Crippen LogP contribution in [0.2, 0.25) is 0 Å². The van der Waals surface area contributed by atoms with Gasteiger partial charge >= 0.3 is 0 Å². The molecule has 0 aromatic rings. The smallest absolute Gasteiger partial charge is 0.208 e. The zero-order valence-electron chi connectivity index (χ0n) is 25.2. The van der Waals surface area contributed by atoms with Gasteiger partial charge in [0.25, 0.3) is 0 Å². The van der Waals surface area contributed by atoms with Gasteiger partial charge in [-0.25, -0.2) is 13.1 Å². The van der Waals surface area contributed by atoms with Crippen LogP contribution in [0.15, 0.2) is 11.6 Å². The minimum absolute atomic E-state index is 0.0615. The highest BCUT2D eigenvalue weighted by molar-refractivity contribution is 7.88. The summed E-state index contributed by atoms with van der Waals surface area (Å²) >= 11 is 0. The van der Waals surface area contributed by atoms with E-state index in [1.54, 1.807) is 0 Å². The van der Waals surface area contributed by atoms with Crippen molar-refractivity contribution >= 4 is 21.6 Å². The molecule has 5 aliphatic rings. The average molecular weight is 557 g/mol. The molecule has 0 aromatic carbocycles. The maximum Gasteiger partial charge on any atom is 0.208 e. The van der Waals surface area contributed by atoms with Crippen molar-refractivity contribution in [2.24, 2.45) is 56.2 Å². The highest BCUT2D eigenvalue weighted by Gasteiger charge is 2.72. The number of carbonyl (C=O) groups excluding carboxylic acids is 2. The third kappa shape index (κ3) is 3.97. The first-order chi connectivity index (χ1) is 17.8. The van der Waals surface area contributed by atoms with Gasteiger partial charge in [0.2, 0.25) is 10.0 Å². The average Bonchev–Trinajstić information content (AvgIpc) is 2.81. The molecule has 0 aromatic heterocycles. The van der Waals surface area contributed by atoms with E-state index in [2.05, 4.69) is 45.4 Å². The van der Waals surface area contributed by atoms with E-state index in [0.717, 1.165) is 44.9 Å². The Hall–Kier alpha value is -1.52. The van der Waals surface area contributed by atoms with Crippen molar-refractivity contribution in [2.45, 2.75) is 99.8 Å². The standard InChI is InChI=1S/C32H48N2O4S/c1-27(2)11-13-32(19-34-39(8,37)38)14-12-31(7)25(21(32)17-27)22(35)15-24-29(5)16-20(18-33)26(36)28(3,4)23(29)9-10-30(24,31)6/h16,21,23-25,34H,9-15,17,19H2,1-8H3/t21?,23?,24?,25?,29-,30+,31+,32+/m0/s1. The number of hydrogen-bond acceptors (Lipinski definition) is 5.